The van der Waals surface area contributed by atoms with Gasteiger partial charge in [0.1, 0.15) is 5.82 Å². The van der Waals surface area contributed by atoms with E-state index in [-0.39, 0.29) is 36.3 Å². The van der Waals surface area contributed by atoms with E-state index in [4.69, 9.17) is 0 Å². The third-order valence-electron chi connectivity index (χ3n) is 4.20. The summed E-state index contributed by atoms with van der Waals surface area (Å²) in [5.74, 6) is -1.68. The molecule has 1 atom stereocenters. The zero-order chi connectivity index (χ0) is 18.0. The Balaban J connectivity index is 1.68. The summed E-state index contributed by atoms with van der Waals surface area (Å²) in [5.41, 5.74) is 1.29. The average molecular weight is 340 g/mol. The monoisotopic (exact) mass is 340 g/mol. The van der Waals surface area contributed by atoms with Crippen molar-refractivity contribution in [2.24, 2.45) is 5.92 Å². The summed E-state index contributed by atoms with van der Waals surface area (Å²) in [4.78, 5) is 37.1. The molecule has 0 radical (unpaired) electrons. The molecule has 1 saturated heterocycles. The lowest BCUT2D eigenvalue weighted by Crippen LogP contribution is -2.28. The van der Waals surface area contributed by atoms with Crippen molar-refractivity contribution in [2.45, 2.75) is 13.3 Å². The Morgan fingerprint density at radius 2 is 1.80 bits per heavy atom. The summed E-state index contributed by atoms with van der Waals surface area (Å²) in [6, 6.07) is 12.5. The number of nitrogens with zero attached hydrogens (tertiary/aromatic N) is 1. The van der Waals surface area contributed by atoms with Crippen LogP contribution < -0.4 is 10.2 Å². The zero-order valence-corrected chi connectivity index (χ0v) is 13.7. The van der Waals surface area contributed by atoms with Crippen molar-refractivity contribution in [1.82, 2.24) is 0 Å². The van der Waals surface area contributed by atoms with Crippen LogP contribution in [0.25, 0.3) is 0 Å². The van der Waals surface area contributed by atoms with Crippen molar-refractivity contribution in [2.75, 3.05) is 16.8 Å². The average Bonchev–Trinajstić information content (AvgIpc) is 2.97. The van der Waals surface area contributed by atoms with Crippen molar-refractivity contribution < 1.29 is 18.8 Å². The summed E-state index contributed by atoms with van der Waals surface area (Å²) in [5, 5.41) is 2.73. The Labute approximate surface area is 144 Å². The molecular formula is C19H17FN2O3. The Bertz CT molecular complexity index is 833. The van der Waals surface area contributed by atoms with Crippen LogP contribution in [0.5, 0.6) is 0 Å². The van der Waals surface area contributed by atoms with Crippen LogP contribution >= 0.6 is 0 Å². The third kappa shape index (κ3) is 3.57. The summed E-state index contributed by atoms with van der Waals surface area (Å²) in [6.07, 6.45) is 0.0334. The summed E-state index contributed by atoms with van der Waals surface area (Å²) in [6.45, 7) is 1.60. The molecule has 3 rings (SSSR count). The van der Waals surface area contributed by atoms with Crippen molar-refractivity contribution in [1.29, 1.82) is 0 Å². The Morgan fingerprint density at radius 1 is 1.12 bits per heavy atom. The van der Waals surface area contributed by atoms with E-state index < -0.39 is 11.7 Å². The van der Waals surface area contributed by atoms with Crippen molar-refractivity contribution in [3.8, 4) is 0 Å². The molecule has 1 aliphatic rings. The van der Waals surface area contributed by atoms with E-state index in [1.807, 2.05) is 0 Å². The summed E-state index contributed by atoms with van der Waals surface area (Å²) < 4.78 is 13.9. The van der Waals surface area contributed by atoms with Crippen LogP contribution in [0, 0.1) is 11.7 Å². The van der Waals surface area contributed by atoms with Crippen LogP contribution in [0.3, 0.4) is 0 Å². The highest BCUT2D eigenvalue weighted by molar-refractivity contribution is 6.03. The maximum Gasteiger partial charge on any atom is 0.229 e. The van der Waals surface area contributed by atoms with Gasteiger partial charge in [0.05, 0.1) is 11.6 Å². The van der Waals surface area contributed by atoms with E-state index in [9.17, 15) is 18.8 Å². The van der Waals surface area contributed by atoms with Gasteiger partial charge in [-0.1, -0.05) is 12.1 Å². The minimum absolute atomic E-state index is 0.0334. The Kier molecular flexibility index (Phi) is 4.61. The predicted molar refractivity (Wildman–Crippen MR) is 91.9 cm³/mol. The number of nitrogens with one attached hydrogen (secondary N) is 1. The second-order valence-electron chi connectivity index (χ2n) is 5.98. The molecule has 25 heavy (non-hydrogen) atoms. The number of rotatable bonds is 4. The van der Waals surface area contributed by atoms with Gasteiger partial charge in [0.2, 0.25) is 11.8 Å². The second-order valence-corrected chi connectivity index (χ2v) is 5.98. The van der Waals surface area contributed by atoms with E-state index in [1.54, 1.807) is 36.4 Å². The van der Waals surface area contributed by atoms with Gasteiger partial charge >= 0.3 is 0 Å². The first kappa shape index (κ1) is 16.8. The third-order valence-corrected chi connectivity index (χ3v) is 4.20. The number of hydrogen-bond donors (Lipinski definition) is 1. The summed E-state index contributed by atoms with van der Waals surface area (Å²) >= 11 is 0. The number of Topliss-reactive ketones (excluding diaryl/α,β-unsaturated/α-hetero) is 1. The van der Waals surface area contributed by atoms with Crippen LogP contribution in [0.2, 0.25) is 0 Å². The summed E-state index contributed by atoms with van der Waals surface area (Å²) in [7, 11) is 0. The molecule has 1 N–H and O–H groups in total. The first-order valence-corrected chi connectivity index (χ1v) is 7.92. The number of para-hydroxylation sites is 1. The lowest BCUT2D eigenvalue weighted by Gasteiger charge is -2.17. The normalized spacial score (nSPS) is 16.8. The minimum atomic E-state index is -0.556. The van der Waals surface area contributed by atoms with Crippen LogP contribution in [-0.2, 0) is 9.59 Å². The Morgan fingerprint density at radius 3 is 2.44 bits per heavy atom. The molecule has 2 aromatic carbocycles. The van der Waals surface area contributed by atoms with E-state index in [0.29, 0.717) is 11.3 Å². The predicted octanol–water partition coefficient (Wildman–Crippen LogP) is 3.02. The number of benzene rings is 2. The van der Waals surface area contributed by atoms with Crippen LogP contribution in [0.15, 0.2) is 48.5 Å². The first-order chi connectivity index (χ1) is 12.0. The van der Waals surface area contributed by atoms with Crippen LogP contribution in [0.1, 0.15) is 23.7 Å². The van der Waals surface area contributed by atoms with Gasteiger partial charge in [0.25, 0.3) is 0 Å². The molecule has 1 aliphatic heterocycles. The molecule has 2 aromatic rings. The maximum atomic E-state index is 13.9. The van der Waals surface area contributed by atoms with Crippen molar-refractivity contribution >= 4 is 29.0 Å². The second kappa shape index (κ2) is 6.84. The van der Waals surface area contributed by atoms with Crippen LogP contribution in [0.4, 0.5) is 15.8 Å². The standard InChI is InChI=1S/C19H17FN2O3/c1-12(23)13-6-8-15(9-7-13)21-19(25)14-10-18(24)22(11-14)17-5-3-2-4-16(17)20/h2-9,14H,10-11H2,1H3,(H,21,25)/t14-/m0/s1. The molecule has 1 heterocycles. The highest BCUT2D eigenvalue weighted by atomic mass is 19.1. The van der Waals surface area contributed by atoms with E-state index >= 15 is 0 Å². The molecule has 0 saturated carbocycles. The molecule has 6 heteroatoms. The smallest absolute Gasteiger partial charge is 0.229 e. The van der Waals surface area contributed by atoms with Gasteiger partial charge in [0, 0.05) is 24.2 Å². The lowest BCUT2D eigenvalue weighted by molar-refractivity contribution is -0.122. The SMILES string of the molecule is CC(=O)c1ccc(NC(=O)[C@H]2CC(=O)N(c3ccccc3F)C2)cc1. The van der Waals surface area contributed by atoms with E-state index in [1.165, 1.54) is 24.0 Å². The molecular weight excluding hydrogens is 323 g/mol. The largest absolute Gasteiger partial charge is 0.326 e. The van der Waals surface area contributed by atoms with Crippen molar-refractivity contribution in [3.63, 3.8) is 0 Å². The fourth-order valence-electron chi connectivity index (χ4n) is 2.82. The molecule has 1 fully saturated rings. The maximum absolute atomic E-state index is 13.9. The fraction of sp³-hybridized carbons (Fsp3) is 0.211. The first-order valence-electron chi connectivity index (χ1n) is 7.92. The molecule has 0 aliphatic carbocycles. The molecule has 0 unspecified atom stereocenters. The van der Waals surface area contributed by atoms with Gasteiger partial charge in [-0.2, -0.15) is 0 Å². The number of carbonyl (C=O) groups excluding carboxylic acids is 3. The molecule has 5 nitrogen and oxygen atoms in total. The minimum Gasteiger partial charge on any atom is -0.326 e. The van der Waals surface area contributed by atoms with Gasteiger partial charge in [-0.05, 0) is 43.3 Å². The van der Waals surface area contributed by atoms with E-state index in [2.05, 4.69) is 5.32 Å². The number of hydrogen-bond acceptors (Lipinski definition) is 3. The number of ketones is 1. The van der Waals surface area contributed by atoms with Gasteiger partial charge in [-0.3, -0.25) is 14.4 Å². The molecule has 128 valence electrons. The van der Waals surface area contributed by atoms with Crippen molar-refractivity contribution in [3.05, 3.63) is 59.9 Å². The molecule has 0 bridgehead atoms. The number of anilines is 2. The zero-order valence-electron chi connectivity index (χ0n) is 13.7. The molecule has 0 aromatic heterocycles. The highest BCUT2D eigenvalue weighted by Crippen LogP contribution is 2.28. The number of carbonyl (C=O) groups is 3. The van der Waals surface area contributed by atoms with Gasteiger partial charge in [0.15, 0.2) is 5.78 Å². The number of halogens is 1. The molecule has 2 amide bonds. The van der Waals surface area contributed by atoms with E-state index in [0.717, 1.165) is 0 Å². The molecule has 0 spiro atoms. The number of amides is 2. The quantitative estimate of drug-likeness (QED) is 0.870. The lowest BCUT2D eigenvalue weighted by atomic mass is 10.1. The topological polar surface area (TPSA) is 66.5 Å². The highest BCUT2D eigenvalue weighted by Gasteiger charge is 2.36. The fourth-order valence-corrected chi connectivity index (χ4v) is 2.82. The Hall–Kier alpha value is -3.02. The van der Waals surface area contributed by atoms with Gasteiger partial charge in [-0.25, -0.2) is 4.39 Å². The van der Waals surface area contributed by atoms with Gasteiger partial charge in [-0.15, -0.1) is 0 Å². The van der Waals surface area contributed by atoms with Gasteiger partial charge < -0.3 is 10.2 Å². The van der Waals surface area contributed by atoms with Crippen LogP contribution in [-0.4, -0.2) is 24.1 Å².